The van der Waals surface area contributed by atoms with Crippen LogP contribution < -0.4 is 14.8 Å². The van der Waals surface area contributed by atoms with Gasteiger partial charge in [0.25, 0.3) is 0 Å². The molecule has 1 aliphatic rings. The maximum absolute atomic E-state index is 12.4. The molecule has 0 heterocycles. The maximum Gasteiger partial charge on any atom is 0.230 e. The zero-order valence-corrected chi connectivity index (χ0v) is 16.8. The molecule has 144 valence electrons. The minimum atomic E-state index is -0.0212. The normalized spacial score (nSPS) is 15.3. The molecule has 4 nitrogen and oxygen atoms in total. The highest BCUT2D eigenvalue weighted by molar-refractivity contribution is 8.00. The average Bonchev–Trinajstić information content (AvgIpc) is 3.21. The van der Waals surface area contributed by atoms with E-state index in [1.165, 1.54) is 18.4 Å². The standard InChI is InChI=1S/C22H27NO3S/c1-25-19-11-10-17(14-20(19)26-2)22(12-6-7-13-22)16-23-21(24)15-27-18-8-4-3-5-9-18/h3-5,8-11,14H,6-7,12-13,15-16H2,1-2H3,(H,23,24). The molecule has 0 aliphatic heterocycles. The van der Waals surface area contributed by atoms with Crippen molar-refractivity contribution in [3.05, 3.63) is 54.1 Å². The first kappa shape index (κ1) is 19.6. The number of amides is 1. The van der Waals surface area contributed by atoms with Gasteiger partial charge in [-0.2, -0.15) is 0 Å². The lowest BCUT2D eigenvalue weighted by atomic mass is 9.78. The highest BCUT2D eigenvalue weighted by Gasteiger charge is 2.36. The van der Waals surface area contributed by atoms with Crippen molar-refractivity contribution in [1.29, 1.82) is 0 Å². The third-order valence-electron chi connectivity index (χ3n) is 5.29. The van der Waals surface area contributed by atoms with Gasteiger partial charge in [0, 0.05) is 16.9 Å². The molecule has 3 rings (SSSR count). The molecule has 0 radical (unpaired) electrons. The van der Waals surface area contributed by atoms with Crippen molar-refractivity contribution in [3.8, 4) is 11.5 Å². The molecule has 27 heavy (non-hydrogen) atoms. The molecule has 5 heteroatoms. The van der Waals surface area contributed by atoms with Crippen LogP contribution >= 0.6 is 11.8 Å². The van der Waals surface area contributed by atoms with Gasteiger partial charge in [0.15, 0.2) is 11.5 Å². The first-order valence-corrected chi connectivity index (χ1v) is 10.3. The molecular formula is C22H27NO3S. The van der Waals surface area contributed by atoms with Crippen molar-refractivity contribution in [2.45, 2.75) is 36.0 Å². The molecule has 0 saturated heterocycles. The lowest BCUT2D eigenvalue weighted by molar-refractivity contribution is -0.118. The van der Waals surface area contributed by atoms with Crippen molar-refractivity contribution in [3.63, 3.8) is 0 Å². The molecule has 2 aromatic carbocycles. The van der Waals surface area contributed by atoms with Crippen LogP contribution in [0, 0.1) is 0 Å². The topological polar surface area (TPSA) is 47.6 Å². The summed E-state index contributed by atoms with van der Waals surface area (Å²) >= 11 is 1.57. The number of ether oxygens (including phenoxy) is 2. The van der Waals surface area contributed by atoms with Crippen molar-refractivity contribution in [1.82, 2.24) is 5.32 Å². The first-order chi connectivity index (χ1) is 13.2. The van der Waals surface area contributed by atoms with E-state index in [-0.39, 0.29) is 11.3 Å². The largest absolute Gasteiger partial charge is 0.493 e. The Morgan fingerprint density at radius 3 is 2.41 bits per heavy atom. The van der Waals surface area contributed by atoms with Gasteiger partial charge in [-0.15, -0.1) is 11.8 Å². The summed E-state index contributed by atoms with van der Waals surface area (Å²) in [6, 6.07) is 16.2. The van der Waals surface area contributed by atoms with Crippen LogP contribution in [0.2, 0.25) is 0 Å². The number of rotatable bonds is 8. The third kappa shape index (κ3) is 4.78. The molecule has 0 spiro atoms. The Morgan fingerprint density at radius 1 is 1.04 bits per heavy atom. The van der Waals surface area contributed by atoms with Crippen LogP contribution in [-0.2, 0) is 10.2 Å². The van der Waals surface area contributed by atoms with Crippen LogP contribution in [0.5, 0.6) is 11.5 Å². The Kier molecular flexibility index (Phi) is 6.67. The molecule has 0 atom stereocenters. The molecule has 0 aromatic heterocycles. The van der Waals surface area contributed by atoms with E-state index in [1.807, 2.05) is 36.4 Å². The summed E-state index contributed by atoms with van der Waals surface area (Å²) in [6.07, 6.45) is 4.52. The van der Waals surface area contributed by atoms with Gasteiger partial charge in [0.1, 0.15) is 0 Å². The average molecular weight is 386 g/mol. The highest BCUT2D eigenvalue weighted by Crippen LogP contribution is 2.43. The summed E-state index contributed by atoms with van der Waals surface area (Å²) in [5.74, 6) is 1.99. The number of hydrogen-bond acceptors (Lipinski definition) is 4. The van der Waals surface area contributed by atoms with Crippen LogP contribution in [0.15, 0.2) is 53.4 Å². The molecule has 1 amide bonds. The van der Waals surface area contributed by atoms with Crippen molar-refractivity contribution in [2.75, 3.05) is 26.5 Å². The SMILES string of the molecule is COc1ccc(C2(CNC(=O)CSc3ccccc3)CCCC2)cc1OC. The minimum Gasteiger partial charge on any atom is -0.493 e. The van der Waals surface area contributed by atoms with Crippen LogP contribution in [-0.4, -0.2) is 32.4 Å². The molecule has 1 N–H and O–H groups in total. The molecule has 2 aromatic rings. The fourth-order valence-corrected chi connectivity index (χ4v) is 4.52. The molecule has 1 fully saturated rings. The number of carbonyl (C=O) groups is 1. The highest BCUT2D eigenvalue weighted by atomic mass is 32.2. The fraction of sp³-hybridized carbons (Fsp3) is 0.409. The zero-order valence-electron chi connectivity index (χ0n) is 16.0. The molecule has 1 aliphatic carbocycles. The van der Waals surface area contributed by atoms with Gasteiger partial charge < -0.3 is 14.8 Å². The Labute approximate surface area is 165 Å². The van der Waals surface area contributed by atoms with E-state index in [0.29, 0.717) is 12.3 Å². The lowest BCUT2D eigenvalue weighted by Gasteiger charge is -2.30. The van der Waals surface area contributed by atoms with E-state index >= 15 is 0 Å². The van der Waals surface area contributed by atoms with E-state index in [4.69, 9.17) is 9.47 Å². The second-order valence-electron chi connectivity index (χ2n) is 6.94. The number of thioether (sulfide) groups is 1. The zero-order chi connectivity index (χ0) is 19.1. The summed E-state index contributed by atoms with van der Waals surface area (Å²) in [5, 5.41) is 3.17. The first-order valence-electron chi connectivity index (χ1n) is 9.34. The van der Waals surface area contributed by atoms with Crippen molar-refractivity contribution >= 4 is 17.7 Å². The predicted octanol–water partition coefficient (Wildman–Crippen LogP) is 4.42. The van der Waals surface area contributed by atoms with E-state index in [0.717, 1.165) is 29.2 Å². The van der Waals surface area contributed by atoms with Crippen LogP contribution in [0.1, 0.15) is 31.2 Å². The van der Waals surface area contributed by atoms with E-state index in [2.05, 4.69) is 17.4 Å². The van der Waals surface area contributed by atoms with Gasteiger partial charge in [-0.25, -0.2) is 0 Å². The van der Waals surface area contributed by atoms with Crippen molar-refractivity contribution < 1.29 is 14.3 Å². The minimum absolute atomic E-state index is 0.0212. The third-order valence-corrected chi connectivity index (χ3v) is 6.31. The molecular weight excluding hydrogens is 358 g/mol. The second-order valence-corrected chi connectivity index (χ2v) is 7.98. The quantitative estimate of drug-likeness (QED) is 0.683. The monoisotopic (exact) mass is 385 g/mol. The summed E-state index contributed by atoms with van der Waals surface area (Å²) < 4.78 is 10.8. The summed E-state index contributed by atoms with van der Waals surface area (Å²) in [4.78, 5) is 13.5. The van der Waals surface area contributed by atoms with E-state index < -0.39 is 0 Å². The summed E-state index contributed by atoms with van der Waals surface area (Å²) in [5.41, 5.74) is 1.20. The Balaban J connectivity index is 1.65. The number of carbonyl (C=O) groups excluding carboxylic acids is 1. The smallest absolute Gasteiger partial charge is 0.230 e. The number of benzene rings is 2. The van der Waals surface area contributed by atoms with Gasteiger partial charge in [-0.1, -0.05) is 37.1 Å². The van der Waals surface area contributed by atoms with Crippen molar-refractivity contribution in [2.24, 2.45) is 0 Å². The van der Waals surface area contributed by atoms with E-state index in [1.54, 1.807) is 26.0 Å². The number of hydrogen-bond donors (Lipinski definition) is 1. The Hall–Kier alpha value is -2.14. The van der Waals surface area contributed by atoms with Crippen LogP contribution in [0.4, 0.5) is 0 Å². The van der Waals surface area contributed by atoms with E-state index in [9.17, 15) is 4.79 Å². The predicted molar refractivity (Wildman–Crippen MR) is 110 cm³/mol. The van der Waals surface area contributed by atoms with Gasteiger partial charge >= 0.3 is 0 Å². The lowest BCUT2D eigenvalue weighted by Crippen LogP contribution is -2.39. The molecule has 0 bridgehead atoms. The summed E-state index contributed by atoms with van der Waals surface area (Å²) in [7, 11) is 3.30. The maximum atomic E-state index is 12.4. The van der Waals surface area contributed by atoms with Crippen LogP contribution in [0.25, 0.3) is 0 Å². The van der Waals surface area contributed by atoms with Crippen LogP contribution in [0.3, 0.4) is 0 Å². The Bertz CT molecular complexity index is 757. The van der Waals surface area contributed by atoms with Gasteiger partial charge in [0.05, 0.1) is 20.0 Å². The Morgan fingerprint density at radius 2 is 1.74 bits per heavy atom. The summed E-state index contributed by atoms with van der Waals surface area (Å²) in [6.45, 7) is 0.663. The van der Waals surface area contributed by atoms with Gasteiger partial charge in [-0.3, -0.25) is 4.79 Å². The molecule has 1 saturated carbocycles. The second kappa shape index (κ2) is 9.18. The molecule has 0 unspecified atom stereocenters. The number of methoxy groups -OCH3 is 2. The van der Waals surface area contributed by atoms with Gasteiger partial charge in [0.2, 0.25) is 5.91 Å². The fourth-order valence-electron chi connectivity index (χ4n) is 3.77. The van der Waals surface area contributed by atoms with Gasteiger partial charge in [-0.05, 0) is 42.7 Å². The number of nitrogens with one attached hydrogen (secondary N) is 1.